The average Bonchev–Trinajstić information content (AvgIpc) is 3.33. The summed E-state index contributed by atoms with van der Waals surface area (Å²) in [6.45, 7) is 0. The van der Waals surface area contributed by atoms with Crippen molar-refractivity contribution in [2.75, 3.05) is 4.72 Å². The third-order valence-electron chi connectivity index (χ3n) is 3.80. The van der Waals surface area contributed by atoms with Crippen molar-refractivity contribution >= 4 is 43.0 Å². The van der Waals surface area contributed by atoms with Gasteiger partial charge < -0.3 is 4.52 Å². The molecule has 0 unspecified atom stereocenters. The summed E-state index contributed by atoms with van der Waals surface area (Å²) in [6, 6.07) is 14.0. The van der Waals surface area contributed by atoms with Crippen molar-refractivity contribution in [2.24, 2.45) is 0 Å². The van der Waals surface area contributed by atoms with Crippen LogP contribution in [0.4, 0.5) is 5.69 Å². The predicted molar refractivity (Wildman–Crippen MR) is 110 cm³/mol. The van der Waals surface area contributed by atoms with Gasteiger partial charge >= 0.3 is 0 Å². The van der Waals surface area contributed by atoms with Crippen LogP contribution in [0.5, 0.6) is 0 Å². The van der Waals surface area contributed by atoms with Gasteiger partial charge in [-0.25, -0.2) is 8.42 Å². The standard InChI is InChI=1S/C18H13BrN4O3S2/c19-15-7-8-17(27-15)28(24,25)23-14-6-2-1-4-12(14)10-16-21-18(22-26-16)13-5-3-9-20-11-13/h1-9,11,23H,10H2. The van der Waals surface area contributed by atoms with Crippen LogP contribution in [0.15, 0.2) is 73.4 Å². The van der Waals surface area contributed by atoms with Crippen molar-refractivity contribution in [1.82, 2.24) is 15.1 Å². The molecule has 1 aromatic carbocycles. The fraction of sp³-hybridized carbons (Fsp3) is 0.0556. The second-order valence-corrected chi connectivity index (χ2v) is 10.1. The van der Waals surface area contributed by atoms with E-state index in [-0.39, 0.29) is 4.21 Å². The monoisotopic (exact) mass is 476 g/mol. The van der Waals surface area contributed by atoms with Crippen LogP contribution in [0.3, 0.4) is 0 Å². The Hall–Kier alpha value is -2.56. The van der Waals surface area contributed by atoms with E-state index in [1.54, 1.807) is 42.7 Å². The molecule has 0 atom stereocenters. The van der Waals surface area contributed by atoms with Crippen molar-refractivity contribution < 1.29 is 12.9 Å². The smallest absolute Gasteiger partial charge is 0.271 e. The Morgan fingerprint density at radius 2 is 1.96 bits per heavy atom. The van der Waals surface area contributed by atoms with Crippen molar-refractivity contribution in [3.05, 3.63) is 76.2 Å². The number of sulfonamides is 1. The molecule has 0 spiro atoms. The van der Waals surface area contributed by atoms with Gasteiger partial charge in [0, 0.05) is 18.0 Å². The highest BCUT2D eigenvalue weighted by Gasteiger charge is 2.19. The van der Waals surface area contributed by atoms with Crippen LogP contribution >= 0.6 is 27.3 Å². The molecule has 0 aliphatic heterocycles. The molecule has 4 aromatic rings. The molecule has 3 heterocycles. The van der Waals surface area contributed by atoms with Gasteiger partial charge in [-0.3, -0.25) is 9.71 Å². The first-order chi connectivity index (χ1) is 13.5. The summed E-state index contributed by atoms with van der Waals surface area (Å²) in [5, 5.41) is 3.97. The SMILES string of the molecule is O=S(=O)(Nc1ccccc1Cc1nc(-c2cccnc2)no1)c1ccc(Br)s1. The molecule has 0 amide bonds. The van der Waals surface area contributed by atoms with E-state index >= 15 is 0 Å². The molecule has 28 heavy (non-hydrogen) atoms. The number of anilines is 1. The van der Waals surface area contributed by atoms with E-state index < -0.39 is 10.0 Å². The topological polar surface area (TPSA) is 98.0 Å². The molecule has 0 aliphatic rings. The first-order valence-electron chi connectivity index (χ1n) is 8.10. The number of pyridine rings is 1. The van der Waals surface area contributed by atoms with Gasteiger partial charge in [-0.1, -0.05) is 23.4 Å². The number of benzene rings is 1. The Bertz CT molecular complexity index is 1210. The number of thiophene rings is 1. The molecule has 0 saturated heterocycles. The van der Waals surface area contributed by atoms with Crippen LogP contribution in [0.2, 0.25) is 0 Å². The Balaban J connectivity index is 1.58. The van der Waals surface area contributed by atoms with Crippen LogP contribution < -0.4 is 4.72 Å². The summed E-state index contributed by atoms with van der Waals surface area (Å²) in [6.07, 6.45) is 3.61. The molecule has 10 heteroatoms. The maximum absolute atomic E-state index is 12.6. The van der Waals surface area contributed by atoms with Gasteiger partial charge in [0.05, 0.1) is 15.9 Å². The quantitative estimate of drug-likeness (QED) is 0.444. The lowest BCUT2D eigenvalue weighted by molar-refractivity contribution is 0.386. The van der Waals surface area contributed by atoms with Crippen LogP contribution in [-0.2, 0) is 16.4 Å². The second-order valence-electron chi connectivity index (χ2n) is 5.75. The number of halogens is 1. The van der Waals surface area contributed by atoms with E-state index in [1.165, 1.54) is 0 Å². The zero-order valence-electron chi connectivity index (χ0n) is 14.2. The van der Waals surface area contributed by atoms with Gasteiger partial charge in [0.2, 0.25) is 11.7 Å². The van der Waals surface area contributed by atoms with Crippen LogP contribution in [0.1, 0.15) is 11.5 Å². The van der Waals surface area contributed by atoms with E-state index in [9.17, 15) is 8.42 Å². The fourth-order valence-corrected chi connectivity index (χ4v) is 5.62. The molecule has 0 radical (unpaired) electrons. The fourth-order valence-electron chi connectivity index (χ4n) is 2.51. The summed E-state index contributed by atoms with van der Waals surface area (Å²) in [5.74, 6) is 0.814. The number of para-hydroxylation sites is 1. The molecule has 142 valence electrons. The van der Waals surface area contributed by atoms with Crippen LogP contribution in [0.25, 0.3) is 11.4 Å². The number of aromatic nitrogens is 3. The summed E-state index contributed by atoms with van der Waals surface area (Å²) < 4.78 is 34.2. The maximum Gasteiger partial charge on any atom is 0.271 e. The molecule has 1 N–H and O–H groups in total. The first kappa shape index (κ1) is 18.8. The van der Waals surface area contributed by atoms with Crippen LogP contribution in [-0.4, -0.2) is 23.5 Å². The van der Waals surface area contributed by atoms with Crippen molar-refractivity contribution in [3.63, 3.8) is 0 Å². The van der Waals surface area contributed by atoms with E-state index in [2.05, 4.69) is 35.8 Å². The zero-order chi connectivity index (χ0) is 19.6. The van der Waals surface area contributed by atoms with E-state index in [0.717, 1.165) is 26.3 Å². The number of hydrogen-bond donors (Lipinski definition) is 1. The minimum absolute atomic E-state index is 0.228. The van der Waals surface area contributed by atoms with Crippen LogP contribution in [0, 0.1) is 0 Å². The minimum Gasteiger partial charge on any atom is -0.339 e. The Morgan fingerprint density at radius 3 is 2.71 bits per heavy atom. The average molecular weight is 477 g/mol. The number of nitrogens with zero attached hydrogens (tertiary/aromatic N) is 3. The first-order valence-corrected chi connectivity index (χ1v) is 11.2. The molecule has 0 fully saturated rings. The highest BCUT2D eigenvalue weighted by molar-refractivity contribution is 9.11. The summed E-state index contributed by atoms with van der Waals surface area (Å²) in [4.78, 5) is 8.41. The van der Waals surface area contributed by atoms with E-state index in [4.69, 9.17) is 4.52 Å². The molecule has 0 aliphatic carbocycles. The second kappa shape index (κ2) is 7.82. The van der Waals surface area contributed by atoms with Crippen molar-refractivity contribution in [1.29, 1.82) is 0 Å². The van der Waals surface area contributed by atoms with Gasteiger partial charge in [-0.2, -0.15) is 4.98 Å². The third-order valence-corrected chi connectivity index (χ3v) is 7.29. The minimum atomic E-state index is -3.68. The normalized spacial score (nSPS) is 11.5. The summed E-state index contributed by atoms with van der Waals surface area (Å²) in [7, 11) is -3.68. The zero-order valence-corrected chi connectivity index (χ0v) is 17.5. The summed E-state index contributed by atoms with van der Waals surface area (Å²) in [5.41, 5.74) is 1.94. The van der Waals surface area contributed by atoms with Crippen molar-refractivity contribution in [3.8, 4) is 11.4 Å². The van der Waals surface area contributed by atoms with E-state index in [0.29, 0.717) is 23.8 Å². The predicted octanol–water partition coefficient (Wildman–Crippen LogP) is 4.35. The molecule has 0 saturated carbocycles. The highest BCUT2D eigenvalue weighted by Crippen LogP contribution is 2.29. The Kier molecular flexibility index (Phi) is 5.25. The highest BCUT2D eigenvalue weighted by atomic mass is 79.9. The molecule has 0 bridgehead atoms. The van der Waals surface area contributed by atoms with Gasteiger partial charge in [0.15, 0.2) is 0 Å². The van der Waals surface area contributed by atoms with Gasteiger partial charge in [0.25, 0.3) is 10.0 Å². The number of hydrogen-bond acceptors (Lipinski definition) is 7. The molecule has 4 rings (SSSR count). The Labute approximate surface area is 173 Å². The largest absolute Gasteiger partial charge is 0.339 e. The molecular formula is C18H13BrN4O3S2. The molecule has 3 aromatic heterocycles. The summed E-state index contributed by atoms with van der Waals surface area (Å²) >= 11 is 4.43. The lowest BCUT2D eigenvalue weighted by Gasteiger charge is -2.10. The Morgan fingerprint density at radius 1 is 1.11 bits per heavy atom. The lowest BCUT2D eigenvalue weighted by Crippen LogP contribution is -2.13. The van der Waals surface area contributed by atoms with Gasteiger partial charge in [0.1, 0.15) is 4.21 Å². The number of rotatable bonds is 6. The van der Waals surface area contributed by atoms with Crippen molar-refractivity contribution in [2.45, 2.75) is 10.6 Å². The number of nitrogens with one attached hydrogen (secondary N) is 1. The molecular weight excluding hydrogens is 464 g/mol. The third kappa shape index (κ3) is 4.13. The van der Waals surface area contributed by atoms with Gasteiger partial charge in [-0.05, 0) is 51.8 Å². The molecule has 7 nitrogen and oxygen atoms in total. The lowest BCUT2D eigenvalue weighted by atomic mass is 10.1. The van der Waals surface area contributed by atoms with Gasteiger partial charge in [-0.15, -0.1) is 11.3 Å². The van der Waals surface area contributed by atoms with E-state index in [1.807, 2.05) is 18.2 Å². The maximum atomic E-state index is 12.6.